The average molecular weight is 340 g/mol. The molecule has 1 N–H and O–H groups in total. The molecular weight excluding hydrogens is 320 g/mol. The van der Waals surface area contributed by atoms with Gasteiger partial charge in [0.15, 0.2) is 5.78 Å². The lowest BCUT2D eigenvalue weighted by Gasteiger charge is -2.24. The molecule has 2 aromatic carbocycles. The molecule has 2 aromatic rings. The van der Waals surface area contributed by atoms with Gasteiger partial charge in [-0.05, 0) is 11.6 Å². The Morgan fingerprint density at radius 1 is 0.960 bits per heavy atom. The van der Waals surface area contributed by atoms with Gasteiger partial charge in [0.1, 0.15) is 0 Å². The summed E-state index contributed by atoms with van der Waals surface area (Å²) in [5.41, 5.74) is 0.972. The number of rotatable bonds is 6. The number of ketones is 1. The van der Waals surface area contributed by atoms with E-state index in [0.717, 1.165) is 5.56 Å². The smallest absolute Gasteiger partial charge is 0.336 e. The Hall–Kier alpha value is -2.95. The summed E-state index contributed by atoms with van der Waals surface area (Å²) in [7, 11) is 1.35. The highest BCUT2D eigenvalue weighted by atomic mass is 16.5. The van der Waals surface area contributed by atoms with Crippen molar-refractivity contribution in [3.05, 3.63) is 70.8 Å². The first-order chi connectivity index (χ1) is 11.8. The van der Waals surface area contributed by atoms with E-state index in [4.69, 9.17) is 4.74 Å². The van der Waals surface area contributed by atoms with Crippen molar-refractivity contribution in [2.45, 2.75) is 25.7 Å². The van der Waals surface area contributed by atoms with Crippen molar-refractivity contribution in [1.29, 1.82) is 0 Å². The minimum atomic E-state index is -1.14. The van der Waals surface area contributed by atoms with Gasteiger partial charge in [0.25, 0.3) is 0 Å². The Morgan fingerprint density at radius 2 is 1.52 bits per heavy atom. The number of carbonyl (C=O) groups excluding carboxylic acids is 2. The third-order valence-corrected chi connectivity index (χ3v) is 4.14. The van der Waals surface area contributed by atoms with E-state index in [1.165, 1.54) is 19.2 Å². The van der Waals surface area contributed by atoms with Crippen molar-refractivity contribution < 1.29 is 24.2 Å². The van der Waals surface area contributed by atoms with Gasteiger partial charge in [0.05, 0.1) is 19.1 Å². The van der Waals surface area contributed by atoms with Crippen LogP contribution in [0.5, 0.6) is 0 Å². The van der Waals surface area contributed by atoms with E-state index in [2.05, 4.69) is 0 Å². The fourth-order valence-corrected chi connectivity index (χ4v) is 2.63. The first-order valence-electron chi connectivity index (χ1n) is 7.80. The van der Waals surface area contributed by atoms with Gasteiger partial charge in [-0.1, -0.05) is 56.3 Å². The second-order valence-electron chi connectivity index (χ2n) is 6.39. The highest BCUT2D eigenvalue weighted by Gasteiger charge is 2.25. The number of carbonyl (C=O) groups is 3. The van der Waals surface area contributed by atoms with E-state index in [9.17, 15) is 19.5 Å². The molecule has 2 rings (SSSR count). The number of hydrogen-bond donors (Lipinski definition) is 1. The SMILES string of the molecule is COC(=O)CC(C)(C)c1ccc(C(=O)c2ccccc2C(=O)O)cc1. The van der Waals surface area contributed by atoms with Gasteiger partial charge in [0, 0.05) is 16.5 Å². The largest absolute Gasteiger partial charge is 0.478 e. The molecule has 0 heterocycles. The zero-order valence-electron chi connectivity index (χ0n) is 14.4. The van der Waals surface area contributed by atoms with Gasteiger partial charge in [0.2, 0.25) is 0 Å². The van der Waals surface area contributed by atoms with E-state index in [0.29, 0.717) is 5.56 Å². The fraction of sp³-hybridized carbons (Fsp3) is 0.250. The Kier molecular flexibility index (Phi) is 5.37. The van der Waals surface area contributed by atoms with Crippen molar-refractivity contribution in [1.82, 2.24) is 0 Å². The second kappa shape index (κ2) is 7.30. The lowest BCUT2D eigenvalue weighted by atomic mass is 9.81. The topological polar surface area (TPSA) is 80.7 Å². The predicted octanol–water partition coefficient (Wildman–Crippen LogP) is 3.46. The molecule has 130 valence electrons. The van der Waals surface area contributed by atoms with Crippen LogP contribution in [0.2, 0.25) is 0 Å². The molecule has 0 bridgehead atoms. The van der Waals surface area contributed by atoms with Crippen LogP contribution in [0, 0.1) is 0 Å². The number of aromatic carboxylic acids is 1. The lowest BCUT2D eigenvalue weighted by Crippen LogP contribution is -2.22. The number of esters is 1. The van der Waals surface area contributed by atoms with E-state index in [1.807, 2.05) is 13.8 Å². The van der Waals surface area contributed by atoms with E-state index in [-0.39, 0.29) is 29.3 Å². The van der Waals surface area contributed by atoms with Gasteiger partial charge < -0.3 is 9.84 Å². The highest BCUT2D eigenvalue weighted by molar-refractivity contribution is 6.14. The van der Waals surface area contributed by atoms with Crippen LogP contribution in [0.25, 0.3) is 0 Å². The molecule has 5 heteroatoms. The van der Waals surface area contributed by atoms with Crippen molar-refractivity contribution in [3.63, 3.8) is 0 Å². The number of carboxylic acids is 1. The summed E-state index contributed by atoms with van der Waals surface area (Å²) in [5, 5.41) is 9.22. The maximum atomic E-state index is 12.6. The van der Waals surface area contributed by atoms with E-state index in [1.54, 1.807) is 36.4 Å². The van der Waals surface area contributed by atoms with Crippen molar-refractivity contribution in [2.24, 2.45) is 0 Å². The molecule has 0 aliphatic heterocycles. The molecule has 0 saturated heterocycles. The fourth-order valence-electron chi connectivity index (χ4n) is 2.63. The van der Waals surface area contributed by atoms with Crippen molar-refractivity contribution >= 4 is 17.7 Å². The third-order valence-electron chi connectivity index (χ3n) is 4.14. The maximum Gasteiger partial charge on any atom is 0.336 e. The lowest BCUT2D eigenvalue weighted by molar-refractivity contribution is -0.141. The number of ether oxygens (including phenoxy) is 1. The predicted molar refractivity (Wildman–Crippen MR) is 92.9 cm³/mol. The summed E-state index contributed by atoms with van der Waals surface area (Å²) in [6, 6.07) is 13.0. The Balaban J connectivity index is 2.30. The number of carboxylic acid groups (broad SMARTS) is 1. The second-order valence-corrected chi connectivity index (χ2v) is 6.39. The zero-order valence-corrected chi connectivity index (χ0v) is 14.4. The molecule has 0 aliphatic rings. The first kappa shape index (κ1) is 18.4. The summed E-state index contributed by atoms with van der Waals surface area (Å²) in [5.74, 6) is -1.80. The van der Waals surface area contributed by atoms with Crippen LogP contribution in [0.4, 0.5) is 0 Å². The van der Waals surface area contributed by atoms with Gasteiger partial charge >= 0.3 is 11.9 Å². The molecule has 0 unspecified atom stereocenters. The first-order valence-corrected chi connectivity index (χ1v) is 7.80. The van der Waals surface area contributed by atoms with Gasteiger partial charge in [-0.15, -0.1) is 0 Å². The number of benzene rings is 2. The molecule has 0 aliphatic carbocycles. The number of methoxy groups -OCH3 is 1. The molecule has 0 amide bonds. The number of hydrogen-bond acceptors (Lipinski definition) is 4. The van der Waals surface area contributed by atoms with Crippen LogP contribution >= 0.6 is 0 Å². The monoisotopic (exact) mass is 340 g/mol. The summed E-state index contributed by atoms with van der Waals surface area (Å²) >= 11 is 0. The molecule has 5 nitrogen and oxygen atoms in total. The minimum Gasteiger partial charge on any atom is -0.478 e. The van der Waals surface area contributed by atoms with Crippen molar-refractivity contribution in [2.75, 3.05) is 7.11 Å². The normalized spacial score (nSPS) is 11.0. The van der Waals surface area contributed by atoms with Crippen LogP contribution in [0.3, 0.4) is 0 Å². The maximum absolute atomic E-state index is 12.6. The molecule has 0 aromatic heterocycles. The van der Waals surface area contributed by atoms with Gasteiger partial charge in [-0.25, -0.2) is 4.79 Å². The van der Waals surface area contributed by atoms with Gasteiger partial charge in [-0.3, -0.25) is 9.59 Å². The third kappa shape index (κ3) is 4.12. The Labute approximate surface area is 146 Å². The molecule has 0 atom stereocenters. The summed E-state index contributed by atoms with van der Waals surface area (Å²) < 4.78 is 4.71. The minimum absolute atomic E-state index is 0.0254. The van der Waals surface area contributed by atoms with Crippen LogP contribution in [0.15, 0.2) is 48.5 Å². The Bertz CT molecular complexity index is 803. The van der Waals surface area contributed by atoms with Crippen LogP contribution in [-0.2, 0) is 14.9 Å². The molecular formula is C20H20O5. The zero-order chi connectivity index (χ0) is 18.6. The molecule has 0 saturated carbocycles. The average Bonchev–Trinajstić information content (AvgIpc) is 2.60. The quantitative estimate of drug-likeness (QED) is 0.643. The summed E-state index contributed by atoms with van der Waals surface area (Å²) in [6.45, 7) is 3.83. The van der Waals surface area contributed by atoms with Crippen LogP contribution < -0.4 is 0 Å². The molecule has 25 heavy (non-hydrogen) atoms. The van der Waals surface area contributed by atoms with E-state index < -0.39 is 11.4 Å². The Morgan fingerprint density at radius 3 is 2.04 bits per heavy atom. The van der Waals surface area contributed by atoms with E-state index >= 15 is 0 Å². The molecule has 0 radical (unpaired) electrons. The molecule has 0 fully saturated rings. The van der Waals surface area contributed by atoms with Crippen LogP contribution in [-0.4, -0.2) is 29.9 Å². The van der Waals surface area contributed by atoms with Crippen LogP contribution in [0.1, 0.15) is 52.1 Å². The highest BCUT2D eigenvalue weighted by Crippen LogP contribution is 2.28. The standard InChI is InChI=1S/C20H20O5/c1-20(2,12-17(21)25-3)14-10-8-13(9-11-14)18(22)15-6-4-5-7-16(15)19(23)24/h4-11H,12H2,1-3H3,(H,23,24). The van der Waals surface area contributed by atoms with Gasteiger partial charge in [-0.2, -0.15) is 0 Å². The summed E-state index contributed by atoms with van der Waals surface area (Å²) in [6.07, 6.45) is 0.221. The summed E-state index contributed by atoms with van der Waals surface area (Å²) in [4.78, 5) is 35.4. The molecule has 0 spiro atoms. The van der Waals surface area contributed by atoms with Crippen molar-refractivity contribution in [3.8, 4) is 0 Å².